The van der Waals surface area contributed by atoms with Crippen LogP contribution in [0.3, 0.4) is 0 Å². The lowest BCUT2D eigenvalue weighted by atomic mass is 9.53. The van der Waals surface area contributed by atoms with Gasteiger partial charge in [0.1, 0.15) is 0 Å². The minimum atomic E-state index is -0.369. The van der Waals surface area contributed by atoms with Crippen LogP contribution in [-0.2, 0) is 9.47 Å². The second-order valence-corrected chi connectivity index (χ2v) is 9.43. The molecule has 2 heteroatoms. The normalized spacial score (nSPS) is 43.3. The first-order valence-electron chi connectivity index (χ1n) is 11.8. The smallest absolute Gasteiger partial charge is 0.168 e. The average molecular weight is 365 g/mol. The van der Waals surface area contributed by atoms with E-state index in [-0.39, 0.29) is 11.4 Å². The standard InChI is InChI=1S/C24H44O2/c1-8-19-20(9-2)25-23(13-6,14-7)26-24(19)17-18-15-16-22(24,12-5)21(18,10-3)11-4/h18-20H,8-17H2,1-7H3. The topological polar surface area (TPSA) is 18.5 Å². The molecule has 0 radical (unpaired) electrons. The molecule has 1 saturated heterocycles. The van der Waals surface area contributed by atoms with Crippen LogP contribution >= 0.6 is 0 Å². The Morgan fingerprint density at radius 2 is 1.46 bits per heavy atom. The lowest BCUT2D eigenvalue weighted by Crippen LogP contribution is -2.67. The number of hydrogen-bond donors (Lipinski definition) is 0. The maximum absolute atomic E-state index is 7.32. The van der Waals surface area contributed by atoms with Gasteiger partial charge < -0.3 is 9.47 Å². The second-order valence-electron chi connectivity index (χ2n) is 9.43. The molecule has 1 spiro atoms. The van der Waals surface area contributed by atoms with E-state index in [1.165, 1.54) is 44.9 Å². The maximum Gasteiger partial charge on any atom is 0.168 e. The first-order chi connectivity index (χ1) is 12.4. The van der Waals surface area contributed by atoms with E-state index in [1.54, 1.807) is 0 Å². The van der Waals surface area contributed by atoms with Crippen molar-refractivity contribution in [2.45, 2.75) is 130 Å². The Hall–Kier alpha value is -0.0800. The van der Waals surface area contributed by atoms with Gasteiger partial charge in [0, 0.05) is 11.3 Å². The van der Waals surface area contributed by atoms with Gasteiger partial charge in [-0.1, -0.05) is 48.5 Å². The monoisotopic (exact) mass is 364 g/mol. The van der Waals surface area contributed by atoms with Gasteiger partial charge in [0.2, 0.25) is 0 Å². The molecule has 0 aromatic heterocycles. The third-order valence-electron chi connectivity index (χ3n) is 9.58. The molecule has 3 aliphatic rings. The molecule has 0 aromatic rings. The van der Waals surface area contributed by atoms with Crippen molar-refractivity contribution >= 4 is 0 Å². The van der Waals surface area contributed by atoms with Crippen LogP contribution in [0.4, 0.5) is 0 Å². The minimum Gasteiger partial charge on any atom is -0.346 e. The van der Waals surface area contributed by atoms with Crippen LogP contribution in [0.25, 0.3) is 0 Å². The first kappa shape index (κ1) is 20.6. The van der Waals surface area contributed by atoms with Gasteiger partial charge in [0.15, 0.2) is 5.79 Å². The van der Waals surface area contributed by atoms with E-state index in [0.717, 1.165) is 25.2 Å². The summed E-state index contributed by atoms with van der Waals surface area (Å²) in [6.07, 6.45) is 12.5. The zero-order valence-electron chi connectivity index (χ0n) is 18.6. The molecule has 1 heterocycles. The SMILES string of the molecule is CCC1OC(CC)(CC)OC2(CC3CCC2(CC)C3(CC)CC)C1CC. The van der Waals surface area contributed by atoms with E-state index in [4.69, 9.17) is 9.47 Å². The summed E-state index contributed by atoms with van der Waals surface area (Å²) in [5.41, 5.74) is 0.829. The Balaban J connectivity index is 2.19. The van der Waals surface area contributed by atoms with E-state index < -0.39 is 0 Å². The van der Waals surface area contributed by atoms with Gasteiger partial charge in [-0.05, 0) is 75.5 Å². The largest absolute Gasteiger partial charge is 0.346 e. The van der Waals surface area contributed by atoms with Crippen LogP contribution in [0.15, 0.2) is 0 Å². The van der Waals surface area contributed by atoms with Crippen LogP contribution in [0.2, 0.25) is 0 Å². The Morgan fingerprint density at radius 3 is 1.92 bits per heavy atom. The van der Waals surface area contributed by atoms with Crippen molar-refractivity contribution in [3.8, 4) is 0 Å². The van der Waals surface area contributed by atoms with Crippen molar-refractivity contribution < 1.29 is 9.47 Å². The minimum absolute atomic E-state index is 0.0242. The summed E-state index contributed by atoms with van der Waals surface area (Å²) in [4.78, 5) is 0. The molecule has 3 fully saturated rings. The third-order valence-corrected chi connectivity index (χ3v) is 9.58. The summed E-state index contributed by atoms with van der Waals surface area (Å²) in [5, 5.41) is 0. The molecular formula is C24H44O2. The lowest BCUT2D eigenvalue weighted by Gasteiger charge is -2.63. The van der Waals surface area contributed by atoms with Crippen molar-refractivity contribution in [2.75, 3.05) is 0 Å². The fourth-order valence-corrected chi connectivity index (χ4v) is 8.42. The van der Waals surface area contributed by atoms with Crippen molar-refractivity contribution in [1.29, 1.82) is 0 Å². The maximum atomic E-state index is 7.32. The molecule has 0 N–H and O–H groups in total. The molecule has 2 aliphatic carbocycles. The molecule has 2 bridgehead atoms. The van der Waals surface area contributed by atoms with Gasteiger partial charge in [-0.25, -0.2) is 0 Å². The van der Waals surface area contributed by atoms with E-state index in [9.17, 15) is 0 Å². The molecule has 3 rings (SSSR count). The highest BCUT2D eigenvalue weighted by atomic mass is 16.7. The van der Waals surface area contributed by atoms with Gasteiger partial charge in [0.05, 0.1) is 11.7 Å². The van der Waals surface area contributed by atoms with Crippen LogP contribution in [-0.4, -0.2) is 17.5 Å². The Kier molecular flexibility index (Phi) is 5.61. The van der Waals surface area contributed by atoms with Crippen molar-refractivity contribution in [1.82, 2.24) is 0 Å². The summed E-state index contributed by atoms with van der Waals surface area (Å²) in [6.45, 7) is 16.6. The van der Waals surface area contributed by atoms with E-state index in [1.807, 2.05) is 0 Å². The molecule has 0 amide bonds. The molecule has 152 valence electrons. The predicted octanol–water partition coefficient (Wildman–Crippen LogP) is 7.11. The third kappa shape index (κ3) is 2.24. The fraction of sp³-hybridized carbons (Fsp3) is 1.00. The summed E-state index contributed by atoms with van der Waals surface area (Å²) >= 11 is 0. The second kappa shape index (κ2) is 7.07. The number of rotatable bonds is 7. The zero-order chi connectivity index (χ0) is 19.2. The summed E-state index contributed by atoms with van der Waals surface area (Å²) in [6, 6.07) is 0. The molecule has 5 unspecified atom stereocenters. The van der Waals surface area contributed by atoms with Gasteiger partial charge in [-0.15, -0.1) is 0 Å². The van der Waals surface area contributed by atoms with Gasteiger partial charge in [-0.2, -0.15) is 0 Å². The summed E-state index contributed by atoms with van der Waals surface area (Å²) in [7, 11) is 0. The highest BCUT2D eigenvalue weighted by molar-refractivity contribution is 5.25. The zero-order valence-corrected chi connectivity index (χ0v) is 18.6. The average Bonchev–Trinajstić information content (AvgIpc) is 3.12. The van der Waals surface area contributed by atoms with Crippen LogP contribution in [0.5, 0.6) is 0 Å². The van der Waals surface area contributed by atoms with Crippen LogP contribution in [0.1, 0.15) is 113 Å². The van der Waals surface area contributed by atoms with E-state index in [2.05, 4.69) is 48.5 Å². The highest BCUT2D eigenvalue weighted by Gasteiger charge is 2.77. The molecule has 5 atom stereocenters. The quantitative estimate of drug-likeness (QED) is 0.479. The van der Waals surface area contributed by atoms with E-state index in [0.29, 0.717) is 22.9 Å². The highest BCUT2D eigenvalue weighted by Crippen LogP contribution is 2.78. The summed E-state index contributed by atoms with van der Waals surface area (Å²) in [5.74, 6) is 1.02. The van der Waals surface area contributed by atoms with Gasteiger partial charge in [-0.3, -0.25) is 0 Å². The van der Waals surface area contributed by atoms with Crippen molar-refractivity contribution in [3.63, 3.8) is 0 Å². The number of hydrogen-bond acceptors (Lipinski definition) is 2. The van der Waals surface area contributed by atoms with Gasteiger partial charge >= 0.3 is 0 Å². The molecule has 2 nitrogen and oxygen atoms in total. The number of fused-ring (bicyclic) bond motifs is 3. The van der Waals surface area contributed by atoms with Gasteiger partial charge in [0.25, 0.3) is 0 Å². The Morgan fingerprint density at radius 1 is 0.808 bits per heavy atom. The molecular weight excluding hydrogens is 320 g/mol. The lowest BCUT2D eigenvalue weighted by molar-refractivity contribution is -0.400. The summed E-state index contributed by atoms with van der Waals surface area (Å²) < 4.78 is 14.0. The van der Waals surface area contributed by atoms with Crippen LogP contribution < -0.4 is 0 Å². The Bertz CT molecular complexity index is 492. The van der Waals surface area contributed by atoms with Crippen LogP contribution in [0, 0.1) is 22.7 Å². The molecule has 1 aliphatic heterocycles. The fourth-order valence-electron chi connectivity index (χ4n) is 8.42. The van der Waals surface area contributed by atoms with Crippen molar-refractivity contribution in [2.24, 2.45) is 22.7 Å². The van der Waals surface area contributed by atoms with Crippen molar-refractivity contribution in [3.05, 3.63) is 0 Å². The molecule has 26 heavy (non-hydrogen) atoms. The Labute approximate surface area is 162 Å². The molecule has 0 aromatic carbocycles. The predicted molar refractivity (Wildman–Crippen MR) is 109 cm³/mol. The molecule has 2 saturated carbocycles. The first-order valence-corrected chi connectivity index (χ1v) is 11.8. The number of ether oxygens (including phenoxy) is 2. The van der Waals surface area contributed by atoms with E-state index >= 15 is 0 Å².